The number of nitrogens with zero attached hydrogens (tertiary/aromatic N) is 1. The van der Waals surface area contributed by atoms with E-state index in [0.29, 0.717) is 36.1 Å². The molecule has 0 fully saturated rings. The van der Waals surface area contributed by atoms with Crippen LogP contribution in [0.4, 0.5) is 5.69 Å². The number of fused-ring (bicyclic) bond motifs is 1. The van der Waals surface area contributed by atoms with Crippen LogP contribution >= 0.6 is 0 Å². The second-order valence-electron chi connectivity index (χ2n) is 6.31. The molecule has 0 aromatic heterocycles. The summed E-state index contributed by atoms with van der Waals surface area (Å²) in [5, 5.41) is 2.75. The predicted molar refractivity (Wildman–Crippen MR) is 105 cm³/mol. The van der Waals surface area contributed by atoms with Crippen molar-refractivity contribution in [2.75, 3.05) is 37.4 Å². The molecule has 2 aromatic carbocycles. The maximum atomic E-state index is 12.0. The van der Waals surface area contributed by atoms with Gasteiger partial charge in [0.05, 0.1) is 18.5 Å². The molecule has 1 aliphatic heterocycles. The first kappa shape index (κ1) is 19.8. The summed E-state index contributed by atoms with van der Waals surface area (Å²) in [6, 6.07) is 13.8. The lowest BCUT2D eigenvalue weighted by molar-refractivity contribution is -0.123. The fourth-order valence-corrected chi connectivity index (χ4v) is 3.04. The second-order valence-corrected chi connectivity index (χ2v) is 8.33. The molecule has 1 amide bonds. The molecule has 0 aliphatic carbocycles. The number of hydrogen-bond acceptors (Lipinski definition) is 6. The fourth-order valence-electron chi connectivity index (χ4n) is 2.54. The van der Waals surface area contributed by atoms with Crippen molar-refractivity contribution < 1.29 is 27.4 Å². The number of ether oxygens (including phenoxy) is 3. The third-order valence-electron chi connectivity index (χ3n) is 4.16. The minimum atomic E-state index is -3.32. The summed E-state index contributed by atoms with van der Waals surface area (Å²) in [4.78, 5) is 12.0. The quantitative estimate of drug-likeness (QED) is 0.747. The van der Waals surface area contributed by atoms with E-state index in [1.165, 1.54) is 7.05 Å². The van der Waals surface area contributed by atoms with Gasteiger partial charge in [-0.1, -0.05) is 12.1 Å². The Labute approximate surface area is 164 Å². The second kappa shape index (κ2) is 8.39. The van der Waals surface area contributed by atoms with Gasteiger partial charge in [-0.2, -0.15) is 0 Å². The van der Waals surface area contributed by atoms with Gasteiger partial charge in [0.2, 0.25) is 10.0 Å². The molecule has 0 bridgehead atoms. The number of hydrogen-bond donors (Lipinski definition) is 1. The predicted octanol–water partition coefficient (Wildman–Crippen LogP) is 1.42. The fraction of sp³-hybridized carbons (Fsp3) is 0.316. The van der Waals surface area contributed by atoms with Crippen LogP contribution in [-0.4, -0.2) is 53.5 Å². The van der Waals surface area contributed by atoms with Crippen molar-refractivity contribution in [1.29, 1.82) is 0 Å². The van der Waals surface area contributed by atoms with Gasteiger partial charge in [0.25, 0.3) is 5.91 Å². The number of carbonyl (C=O) groups excluding carboxylic acids is 1. The first-order chi connectivity index (χ1) is 13.3. The summed E-state index contributed by atoms with van der Waals surface area (Å²) < 4.78 is 41.0. The molecule has 0 saturated carbocycles. The van der Waals surface area contributed by atoms with E-state index in [2.05, 4.69) is 5.32 Å². The maximum Gasteiger partial charge on any atom is 0.258 e. The molecule has 1 N–H and O–H groups in total. The summed E-state index contributed by atoms with van der Waals surface area (Å²) in [5.41, 5.74) is 0.508. The lowest BCUT2D eigenvalue weighted by Gasteiger charge is -2.26. The monoisotopic (exact) mass is 406 g/mol. The Hall–Kier alpha value is -2.94. The Balaban J connectivity index is 1.44. The summed E-state index contributed by atoms with van der Waals surface area (Å²) in [6.45, 7) is 0.494. The topological polar surface area (TPSA) is 94.2 Å². The van der Waals surface area contributed by atoms with Crippen LogP contribution in [0.3, 0.4) is 0 Å². The van der Waals surface area contributed by atoms with Crippen LogP contribution < -0.4 is 23.8 Å². The smallest absolute Gasteiger partial charge is 0.258 e. The van der Waals surface area contributed by atoms with Gasteiger partial charge in [0.1, 0.15) is 18.5 Å². The zero-order chi connectivity index (χ0) is 20.1. The Bertz CT molecular complexity index is 930. The van der Waals surface area contributed by atoms with Crippen LogP contribution in [-0.2, 0) is 14.8 Å². The number of amides is 1. The van der Waals surface area contributed by atoms with E-state index < -0.39 is 10.0 Å². The first-order valence-corrected chi connectivity index (χ1v) is 10.5. The third kappa shape index (κ3) is 5.07. The minimum absolute atomic E-state index is 0.161. The van der Waals surface area contributed by atoms with Crippen LogP contribution in [0.2, 0.25) is 0 Å². The maximum absolute atomic E-state index is 12.0. The Morgan fingerprint density at radius 2 is 1.86 bits per heavy atom. The molecule has 2 aromatic rings. The lowest BCUT2D eigenvalue weighted by Crippen LogP contribution is -2.42. The highest BCUT2D eigenvalue weighted by Crippen LogP contribution is 2.30. The summed E-state index contributed by atoms with van der Waals surface area (Å²) in [7, 11) is -1.86. The normalized spacial score (nSPS) is 15.6. The number of nitrogens with one attached hydrogen (secondary N) is 1. The molecular weight excluding hydrogens is 384 g/mol. The van der Waals surface area contributed by atoms with E-state index >= 15 is 0 Å². The zero-order valence-corrected chi connectivity index (χ0v) is 16.4. The van der Waals surface area contributed by atoms with Crippen LogP contribution in [0.15, 0.2) is 48.5 Å². The molecule has 0 spiro atoms. The van der Waals surface area contributed by atoms with E-state index in [1.54, 1.807) is 24.3 Å². The number of rotatable bonds is 7. The van der Waals surface area contributed by atoms with Crippen molar-refractivity contribution in [3.8, 4) is 17.2 Å². The van der Waals surface area contributed by atoms with Crippen molar-refractivity contribution >= 4 is 21.6 Å². The van der Waals surface area contributed by atoms with E-state index in [4.69, 9.17) is 14.2 Å². The van der Waals surface area contributed by atoms with Gasteiger partial charge >= 0.3 is 0 Å². The van der Waals surface area contributed by atoms with Crippen LogP contribution in [0.1, 0.15) is 0 Å². The van der Waals surface area contributed by atoms with Crippen molar-refractivity contribution in [2.24, 2.45) is 0 Å². The number of benzene rings is 2. The van der Waals surface area contributed by atoms with Crippen LogP contribution in [0, 0.1) is 0 Å². The van der Waals surface area contributed by atoms with E-state index in [0.717, 1.165) is 10.6 Å². The molecule has 1 heterocycles. The van der Waals surface area contributed by atoms with E-state index in [9.17, 15) is 13.2 Å². The highest BCUT2D eigenvalue weighted by Gasteiger charge is 2.21. The summed E-state index contributed by atoms with van der Waals surface area (Å²) in [6.07, 6.45) is 0.853. The summed E-state index contributed by atoms with van der Waals surface area (Å²) in [5.74, 6) is 1.52. The molecule has 9 heteroatoms. The Morgan fingerprint density at radius 1 is 1.18 bits per heavy atom. The average Bonchev–Trinajstić information content (AvgIpc) is 2.69. The van der Waals surface area contributed by atoms with Gasteiger partial charge in [-0.25, -0.2) is 8.42 Å². The van der Waals surface area contributed by atoms with Gasteiger partial charge in [-0.3, -0.25) is 9.10 Å². The molecule has 8 nitrogen and oxygen atoms in total. The van der Waals surface area contributed by atoms with Gasteiger partial charge in [-0.05, 0) is 36.4 Å². The third-order valence-corrected chi connectivity index (χ3v) is 5.37. The molecule has 0 radical (unpaired) electrons. The van der Waals surface area contributed by atoms with Crippen molar-refractivity contribution in [3.05, 3.63) is 48.5 Å². The van der Waals surface area contributed by atoms with E-state index in [1.807, 2.05) is 24.3 Å². The minimum Gasteiger partial charge on any atom is -0.486 e. The van der Waals surface area contributed by atoms with Gasteiger partial charge in [0, 0.05) is 7.05 Å². The highest BCUT2D eigenvalue weighted by molar-refractivity contribution is 7.92. The molecule has 0 unspecified atom stereocenters. The Morgan fingerprint density at radius 3 is 2.54 bits per heavy atom. The SMILES string of the molecule is CN(c1ccc(OCC(=O)NC[C@H]2COc3ccccc3O2)cc1)S(C)(=O)=O. The number of para-hydroxylation sites is 2. The number of anilines is 1. The standard InChI is InChI=1S/C19H22N2O6S/c1-21(28(2,23)24)14-7-9-15(10-8-14)25-13-19(22)20-11-16-12-26-17-5-3-4-6-18(17)27-16/h3-10,16H,11-13H2,1-2H3,(H,20,22)/t16-/m0/s1. The highest BCUT2D eigenvalue weighted by atomic mass is 32.2. The molecule has 28 heavy (non-hydrogen) atoms. The van der Waals surface area contributed by atoms with Crippen LogP contribution in [0.25, 0.3) is 0 Å². The first-order valence-electron chi connectivity index (χ1n) is 8.65. The average molecular weight is 406 g/mol. The van der Waals surface area contributed by atoms with Crippen LogP contribution in [0.5, 0.6) is 17.2 Å². The molecule has 1 atom stereocenters. The molecule has 1 aliphatic rings. The molecule has 0 saturated heterocycles. The summed E-state index contributed by atoms with van der Waals surface area (Å²) >= 11 is 0. The molecule has 150 valence electrons. The number of carbonyl (C=O) groups is 1. The van der Waals surface area contributed by atoms with Crippen molar-refractivity contribution in [2.45, 2.75) is 6.10 Å². The van der Waals surface area contributed by atoms with Crippen molar-refractivity contribution in [3.63, 3.8) is 0 Å². The molecular formula is C19H22N2O6S. The zero-order valence-electron chi connectivity index (χ0n) is 15.6. The lowest BCUT2D eigenvalue weighted by atomic mass is 10.2. The van der Waals surface area contributed by atoms with Gasteiger partial charge in [0.15, 0.2) is 18.1 Å². The number of sulfonamides is 1. The molecule has 3 rings (SSSR count). The van der Waals surface area contributed by atoms with E-state index in [-0.39, 0.29) is 18.6 Å². The largest absolute Gasteiger partial charge is 0.486 e. The Kier molecular flexibility index (Phi) is 5.93. The van der Waals surface area contributed by atoms with Crippen molar-refractivity contribution in [1.82, 2.24) is 5.32 Å². The van der Waals surface area contributed by atoms with Gasteiger partial charge < -0.3 is 19.5 Å². The van der Waals surface area contributed by atoms with Gasteiger partial charge in [-0.15, -0.1) is 0 Å².